The fraction of sp³-hybridized carbons (Fsp3) is 0.190. The number of ether oxygens (including phenoxy) is 1. The van der Waals surface area contributed by atoms with Gasteiger partial charge in [-0.2, -0.15) is 0 Å². The van der Waals surface area contributed by atoms with Crippen LogP contribution in [-0.2, 0) is 24.3 Å². The van der Waals surface area contributed by atoms with Crippen molar-refractivity contribution in [2.24, 2.45) is 0 Å². The van der Waals surface area contributed by atoms with Gasteiger partial charge in [-0.25, -0.2) is 14.4 Å². The molecule has 0 spiro atoms. The zero-order valence-electron chi connectivity index (χ0n) is 15.1. The summed E-state index contributed by atoms with van der Waals surface area (Å²) in [6.07, 6.45) is 2.66. The Bertz CT molecular complexity index is 1010. The highest BCUT2D eigenvalue weighted by Gasteiger charge is 2.24. The number of aryl methyl sites for hydroxylation is 1. The Hall–Kier alpha value is -3.48. The zero-order valence-corrected chi connectivity index (χ0v) is 15.1. The molecular weight excluding hydrogens is 359 g/mol. The number of nitrogens with zero attached hydrogens (tertiary/aromatic N) is 3. The molecule has 6 nitrogen and oxygen atoms in total. The number of nitrogens with two attached hydrogens (primary N) is 1. The van der Waals surface area contributed by atoms with E-state index in [4.69, 9.17) is 10.5 Å². The number of rotatable bonds is 5. The first-order chi connectivity index (χ1) is 13.6. The zero-order chi connectivity index (χ0) is 19.5. The SMILES string of the molecule is Nc1ncc2c(n1)CN(C(=O)CCc1cccc(Oc3ccc(F)cc3)c1)C2. The number of fused-ring (bicyclic) bond motifs is 1. The Labute approximate surface area is 161 Å². The topological polar surface area (TPSA) is 81.3 Å². The van der Waals surface area contributed by atoms with Crippen LogP contribution in [0.4, 0.5) is 10.3 Å². The quantitative estimate of drug-likeness (QED) is 0.735. The van der Waals surface area contributed by atoms with E-state index in [9.17, 15) is 9.18 Å². The minimum atomic E-state index is -0.308. The standard InChI is InChI=1S/C21H19FN4O2/c22-16-5-7-17(8-6-16)28-18-3-1-2-14(10-18)4-9-20(27)26-12-15-11-24-21(23)25-19(15)13-26/h1-3,5-8,10-11H,4,9,12-13H2,(H2,23,24,25). The van der Waals surface area contributed by atoms with Gasteiger partial charge in [0.05, 0.1) is 12.2 Å². The molecule has 1 aromatic heterocycles. The molecule has 0 atom stereocenters. The smallest absolute Gasteiger partial charge is 0.223 e. The maximum atomic E-state index is 13.0. The molecule has 28 heavy (non-hydrogen) atoms. The fourth-order valence-electron chi connectivity index (χ4n) is 3.16. The lowest BCUT2D eigenvalue weighted by Crippen LogP contribution is -2.25. The first-order valence-electron chi connectivity index (χ1n) is 8.97. The van der Waals surface area contributed by atoms with Crippen LogP contribution in [0.25, 0.3) is 0 Å². The molecule has 2 aromatic carbocycles. The Morgan fingerprint density at radius 3 is 2.79 bits per heavy atom. The van der Waals surface area contributed by atoms with Crippen LogP contribution in [0.15, 0.2) is 54.7 Å². The number of hydrogen-bond donors (Lipinski definition) is 1. The molecule has 0 unspecified atom stereocenters. The van der Waals surface area contributed by atoms with Crippen molar-refractivity contribution >= 4 is 11.9 Å². The molecule has 0 saturated heterocycles. The van der Waals surface area contributed by atoms with E-state index in [1.165, 1.54) is 12.1 Å². The van der Waals surface area contributed by atoms with Gasteiger partial charge in [-0.15, -0.1) is 0 Å². The van der Waals surface area contributed by atoms with Crippen molar-refractivity contribution < 1.29 is 13.9 Å². The summed E-state index contributed by atoms with van der Waals surface area (Å²) in [6, 6.07) is 13.4. The number of amides is 1. The van der Waals surface area contributed by atoms with Crippen LogP contribution in [0.2, 0.25) is 0 Å². The van der Waals surface area contributed by atoms with Gasteiger partial charge in [0, 0.05) is 24.7 Å². The predicted molar refractivity (Wildman–Crippen MR) is 102 cm³/mol. The van der Waals surface area contributed by atoms with E-state index in [0.717, 1.165) is 16.8 Å². The van der Waals surface area contributed by atoms with Crippen LogP contribution in [0.1, 0.15) is 23.2 Å². The van der Waals surface area contributed by atoms with Crippen LogP contribution < -0.4 is 10.5 Å². The minimum absolute atomic E-state index is 0.0569. The molecule has 2 N–H and O–H groups in total. The highest BCUT2D eigenvalue weighted by Crippen LogP contribution is 2.24. The van der Waals surface area contributed by atoms with Gasteiger partial charge in [-0.3, -0.25) is 4.79 Å². The molecule has 1 aliphatic heterocycles. The van der Waals surface area contributed by atoms with Crippen molar-refractivity contribution in [2.45, 2.75) is 25.9 Å². The molecule has 142 valence electrons. The third-order valence-corrected chi connectivity index (χ3v) is 4.60. The number of hydrogen-bond acceptors (Lipinski definition) is 5. The molecule has 1 amide bonds. The second-order valence-electron chi connectivity index (χ2n) is 6.65. The Morgan fingerprint density at radius 1 is 1.14 bits per heavy atom. The number of benzene rings is 2. The molecule has 0 saturated carbocycles. The summed E-state index contributed by atoms with van der Waals surface area (Å²) in [5.41, 5.74) is 8.36. The molecule has 7 heteroatoms. The predicted octanol–water partition coefficient (Wildman–Crippen LogP) is 3.47. The van der Waals surface area contributed by atoms with E-state index in [2.05, 4.69) is 9.97 Å². The summed E-state index contributed by atoms with van der Waals surface area (Å²) in [7, 11) is 0. The molecule has 2 heterocycles. The van der Waals surface area contributed by atoms with Gasteiger partial charge in [0.1, 0.15) is 17.3 Å². The lowest BCUT2D eigenvalue weighted by Gasteiger charge is -2.15. The van der Waals surface area contributed by atoms with E-state index >= 15 is 0 Å². The maximum absolute atomic E-state index is 13.0. The van der Waals surface area contributed by atoms with Gasteiger partial charge in [0.25, 0.3) is 0 Å². The van der Waals surface area contributed by atoms with E-state index in [-0.39, 0.29) is 17.7 Å². The number of nitrogen functional groups attached to an aromatic ring is 1. The summed E-state index contributed by atoms with van der Waals surface area (Å²) in [5.74, 6) is 1.19. The van der Waals surface area contributed by atoms with E-state index in [1.54, 1.807) is 23.2 Å². The van der Waals surface area contributed by atoms with Crippen molar-refractivity contribution in [3.8, 4) is 11.5 Å². The van der Waals surface area contributed by atoms with Crippen LogP contribution in [0, 0.1) is 5.82 Å². The molecule has 0 aliphatic carbocycles. The lowest BCUT2D eigenvalue weighted by molar-refractivity contribution is -0.131. The molecule has 3 aromatic rings. The summed E-state index contributed by atoms with van der Waals surface area (Å²) >= 11 is 0. The van der Waals surface area contributed by atoms with Gasteiger partial charge in [-0.05, 0) is 48.4 Å². The van der Waals surface area contributed by atoms with E-state index < -0.39 is 0 Å². The van der Waals surface area contributed by atoms with Crippen LogP contribution >= 0.6 is 0 Å². The average Bonchev–Trinajstić information content (AvgIpc) is 3.11. The number of carbonyl (C=O) groups is 1. The lowest BCUT2D eigenvalue weighted by atomic mass is 10.1. The molecule has 0 bridgehead atoms. The summed E-state index contributed by atoms with van der Waals surface area (Å²) in [4.78, 5) is 22.5. The molecule has 0 fully saturated rings. The Kier molecular flexibility index (Phi) is 4.89. The minimum Gasteiger partial charge on any atom is -0.457 e. The van der Waals surface area contributed by atoms with Gasteiger partial charge in [0.2, 0.25) is 11.9 Å². The van der Waals surface area contributed by atoms with Crippen LogP contribution in [-0.4, -0.2) is 20.8 Å². The second-order valence-corrected chi connectivity index (χ2v) is 6.65. The average molecular weight is 378 g/mol. The number of aromatic nitrogens is 2. The third kappa shape index (κ3) is 4.09. The molecular formula is C21H19FN4O2. The largest absolute Gasteiger partial charge is 0.457 e. The number of carbonyl (C=O) groups excluding carboxylic acids is 1. The van der Waals surface area contributed by atoms with Crippen molar-refractivity contribution in [3.05, 3.63) is 77.4 Å². The fourth-order valence-corrected chi connectivity index (χ4v) is 3.16. The molecule has 1 aliphatic rings. The summed E-state index contributed by atoms with van der Waals surface area (Å²) in [6.45, 7) is 0.983. The Morgan fingerprint density at radius 2 is 1.96 bits per heavy atom. The van der Waals surface area contributed by atoms with Gasteiger partial charge in [-0.1, -0.05) is 12.1 Å². The van der Waals surface area contributed by atoms with E-state index in [0.29, 0.717) is 37.4 Å². The number of halogens is 1. The van der Waals surface area contributed by atoms with Crippen molar-refractivity contribution in [1.29, 1.82) is 0 Å². The van der Waals surface area contributed by atoms with Gasteiger partial charge < -0.3 is 15.4 Å². The maximum Gasteiger partial charge on any atom is 0.223 e. The summed E-state index contributed by atoms with van der Waals surface area (Å²) < 4.78 is 18.7. The summed E-state index contributed by atoms with van der Waals surface area (Å²) in [5, 5.41) is 0. The highest BCUT2D eigenvalue weighted by molar-refractivity contribution is 5.77. The first-order valence-corrected chi connectivity index (χ1v) is 8.97. The Balaban J connectivity index is 1.35. The molecule has 4 rings (SSSR count). The van der Waals surface area contributed by atoms with Crippen molar-refractivity contribution in [3.63, 3.8) is 0 Å². The van der Waals surface area contributed by atoms with Crippen LogP contribution in [0.3, 0.4) is 0 Å². The highest BCUT2D eigenvalue weighted by atomic mass is 19.1. The van der Waals surface area contributed by atoms with Crippen molar-refractivity contribution in [2.75, 3.05) is 5.73 Å². The van der Waals surface area contributed by atoms with Crippen molar-refractivity contribution in [1.82, 2.24) is 14.9 Å². The number of anilines is 1. The normalized spacial score (nSPS) is 12.7. The van der Waals surface area contributed by atoms with Crippen LogP contribution in [0.5, 0.6) is 11.5 Å². The first kappa shape index (κ1) is 17.9. The van der Waals surface area contributed by atoms with Gasteiger partial charge in [0.15, 0.2) is 0 Å². The second kappa shape index (κ2) is 7.64. The van der Waals surface area contributed by atoms with E-state index in [1.807, 2.05) is 24.3 Å². The monoisotopic (exact) mass is 378 g/mol. The third-order valence-electron chi connectivity index (χ3n) is 4.60. The van der Waals surface area contributed by atoms with Gasteiger partial charge >= 0.3 is 0 Å². The molecule has 0 radical (unpaired) electrons.